The molecule has 0 aliphatic rings. The summed E-state index contributed by atoms with van der Waals surface area (Å²) in [6.45, 7) is 0. The zero-order valence-corrected chi connectivity index (χ0v) is 6.95. The molecule has 4 heteroatoms. The Labute approximate surface area is 74.8 Å². The highest BCUT2D eigenvalue weighted by Gasteiger charge is 2.12. The number of benzene rings is 1. The van der Waals surface area contributed by atoms with Crippen molar-refractivity contribution in [2.24, 2.45) is 5.73 Å². The molecule has 0 heterocycles. The first-order valence-corrected chi connectivity index (χ1v) is 3.72. The van der Waals surface area contributed by atoms with E-state index < -0.39 is 12.0 Å². The maximum absolute atomic E-state index is 10.5. The number of hydrogen-bond donors (Lipinski definition) is 2. The molecular formula is C8H8ClNO2. The first-order chi connectivity index (χ1) is 5.61. The van der Waals surface area contributed by atoms with Gasteiger partial charge in [0.2, 0.25) is 0 Å². The topological polar surface area (TPSA) is 63.3 Å². The molecule has 0 saturated carbocycles. The van der Waals surface area contributed by atoms with Gasteiger partial charge >= 0.3 is 0 Å². The molecule has 0 aliphatic heterocycles. The van der Waals surface area contributed by atoms with Gasteiger partial charge in [0.25, 0.3) is 5.91 Å². The minimum absolute atomic E-state index is 0.451. The van der Waals surface area contributed by atoms with Gasteiger partial charge in [-0.05, 0) is 17.7 Å². The summed E-state index contributed by atoms with van der Waals surface area (Å²) in [4.78, 5) is 10.5. The number of primary amides is 1. The average molecular weight is 186 g/mol. The van der Waals surface area contributed by atoms with Gasteiger partial charge in [0.05, 0.1) is 0 Å². The molecule has 0 saturated heterocycles. The Balaban J connectivity index is 2.89. The molecule has 1 atom stereocenters. The summed E-state index contributed by atoms with van der Waals surface area (Å²) in [6.07, 6.45) is -1.25. The standard InChI is InChI=1S/C8H8ClNO2/c9-6-3-1-5(2-4-6)7(11)8(10)12/h1-4,7,11H,(H2,10,12). The number of halogens is 1. The predicted molar refractivity (Wildman–Crippen MR) is 45.6 cm³/mol. The fraction of sp³-hybridized carbons (Fsp3) is 0.125. The summed E-state index contributed by atoms with van der Waals surface area (Å²) in [6, 6.07) is 6.28. The highest BCUT2D eigenvalue weighted by molar-refractivity contribution is 6.30. The molecule has 0 aliphatic carbocycles. The number of carbonyl (C=O) groups is 1. The van der Waals surface area contributed by atoms with Crippen LogP contribution < -0.4 is 5.73 Å². The van der Waals surface area contributed by atoms with Gasteiger partial charge in [-0.2, -0.15) is 0 Å². The molecule has 0 radical (unpaired) electrons. The third-order valence-electron chi connectivity index (χ3n) is 1.46. The van der Waals surface area contributed by atoms with E-state index in [1.165, 1.54) is 0 Å². The monoisotopic (exact) mass is 185 g/mol. The average Bonchev–Trinajstić information content (AvgIpc) is 2.04. The molecular weight excluding hydrogens is 178 g/mol. The molecule has 0 fully saturated rings. The number of aliphatic hydroxyl groups is 1. The number of hydrogen-bond acceptors (Lipinski definition) is 2. The lowest BCUT2D eigenvalue weighted by atomic mass is 10.1. The Hall–Kier alpha value is -1.06. The maximum atomic E-state index is 10.5. The zero-order chi connectivity index (χ0) is 9.14. The lowest BCUT2D eigenvalue weighted by Gasteiger charge is -2.05. The van der Waals surface area contributed by atoms with Gasteiger partial charge in [-0.15, -0.1) is 0 Å². The van der Waals surface area contributed by atoms with E-state index in [-0.39, 0.29) is 0 Å². The Bertz CT molecular complexity index is 284. The van der Waals surface area contributed by atoms with Crippen LogP contribution in [0.3, 0.4) is 0 Å². The molecule has 0 bridgehead atoms. The minimum atomic E-state index is -1.25. The lowest BCUT2D eigenvalue weighted by Crippen LogP contribution is -2.20. The summed E-state index contributed by atoms with van der Waals surface area (Å²) >= 11 is 5.60. The van der Waals surface area contributed by atoms with E-state index in [1.807, 2.05) is 0 Å². The third-order valence-corrected chi connectivity index (χ3v) is 1.71. The maximum Gasteiger partial charge on any atom is 0.250 e. The van der Waals surface area contributed by atoms with Crippen LogP contribution in [0.5, 0.6) is 0 Å². The molecule has 1 aromatic carbocycles. The predicted octanol–water partition coefficient (Wildman–Crippen LogP) is 0.859. The van der Waals surface area contributed by atoms with Gasteiger partial charge in [-0.1, -0.05) is 23.7 Å². The smallest absolute Gasteiger partial charge is 0.250 e. The molecule has 0 aromatic heterocycles. The molecule has 12 heavy (non-hydrogen) atoms. The molecule has 0 spiro atoms. The van der Waals surface area contributed by atoms with E-state index in [0.717, 1.165) is 0 Å². The van der Waals surface area contributed by atoms with Crippen molar-refractivity contribution in [1.82, 2.24) is 0 Å². The summed E-state index contributed by atoms with van der Waals surface area (Å²) in [5, 5.41) is 9.72. The Morgan fingerprint density at radius 1 is 1.42 bits per heavy atom. The van der Waals surface area contributed by atoms with Gasteiger partial charge in [-0.3, -0.25) is 4.79 Å². The van der Waals surface area contributed by atoms with Gasteiger partial charge in [0.1, 0.15) is 0 Å². The highest BCUT2D eigenvalue weighted by atomic mass is 35.5. The van der Waals surface area contributed by atoms with Crippen LogP contribution >= 0.6 is 11.6 Å². The van der Waals surface area contributed by atoms with Crippen molar-refractivity contribution in [2.45, 2.75) is 6.10 Å². The van der Waals surface area contributed by atoms with E-state index in [9.17, 15) is 9.90 Å². The van der Waals surface area contributed by atoms with Crippen LogP contribution in [0.1, 0.15) is 11.7 Å². The largest absolute Gasteiger partial charge is 0.378 e. The van der Waals surface area contributed by atoms with Crippen LogP contribution in [0.15, 0.2) is 24.3 Å². The number of rotatable bonds is 2. The van der Waals surface area contributed by atoms with Gasteiger partial charge in [-0.25, -0.2) is 0 Å². The molecule has 1 amide bonds. The third kappa shape index (κ3) is 1.96. The van der Waals surface area contributed by atoms with Crippen LogP contribution in [0.2, 0.25) is 5.02 Å². The van der Waals surface area contributed by atoms with Crippen molar-refractivity contribution >= 4 is 17.5 Å². The number of carbonyl (C=O) groups excluding carboxylic acids is 1. The van der Waals surface area contributed by atoms with Crippen molar-refractivity contribution < 1.29 is 9.90 Å². The van der Waals surface area contributed by atoms with Gasteiger partial charge in [0.15, 0.2) is 6.10 Å². The number of amides is 1. The van der Waals surface area contributed by atoms with E-state index in [2.05, 4.69) is 0 Å². The fourth-order valence-electron chi connectivity index (χ4n) is 0.809. The Morgan fingerprint density at radius 2 is 1.92 bits per heavy atom. The second-order valence-corrected chi connectivity index (χ2v) is 2.79. The quantitative estimate of drug-likeness (QED) is 0.718. The summed E-state index contributed by atoms with van der Waals surface area (Å²) in [5.74, 6) is -0.766. The molecule has 64 valence electrons. The van der Waals surface area contributed by atoms with Crippen LogP contribution in [0, 0.1) is 0 Å². The van der Waals surface area contributed by atoms with Crippen molar-refractivity contribution in [2.75, 3.05) is 0 Å². The van der Waals surface area contributed by atoms with Crippen molar-refractivity contribution in [1.29, 1.82) is 0 Å². The molecule has 3 N–H and O–H groups in total. The summed E-state index contributed by atoms with van der Waals surface area (Å²) < 4.78 is 0. The second kappa shape index (κ2) is 3.56. The highest BCUT2D eigenvalue weighted by Crippen LogP contribution is 2.15. The van der Waals surface area contributed by atoms with E-state index in [0.29, 0.717) is 10.6 Å². The van der Waals surface area contributed by atoms with E-state index in [4.69, 9.17) is 17.3 Å². The zero-order valence-electron chi connectivity index (χ0n) is 6.20. The molecule has 1 unspecified atom stereocenters. The van der Waals surface area contributed by atoms with Crippen molar-refractivity contribution in [3.05, 3.63) is 34.9 Å². The minimum Gasteiger partial charge on any atom is -0.378 e. The first kappa shape index (κ1) is 9.03. The van der Waals surface area contributed by atoms with Crippen LogP contribution in [0.4, 0.5) is 0 Å². The van der Waals surface area contributed by atoms with Crippen molar-refractivity contribution in [3.63, 3.8) is 0 Å². The summed E-state index contributed by atoms with van der Waals surface area (Å²) in [7, 11) is 0. The van der Waals surface area contributed by atoms with Crippen molar-refractivity contribution in [3.8, 4) is 0 Å². The first-order valence-electron chi connectivity index (χ1n) is 3.34. The number of nitrogens with two attached hydrogens (primary N) is 1. The SMILES string of the molecule is NC(=O)C(O)c1ccc(Cl)cc1. The molecule has 1 aromatic rings. The lowest BCUT2D eigenvalue weighted by molar-refractivity contribution is -0.126. The van der Waals surface area contributed by atoms with Crippen LogP contribution in [-0.4, -0.2) is 11.0 Å². The molecule has 1 rings (SSSR count). The van der Waals surface area contributed by atoms with Crippen LogP contribution in [0.25, 0.3) is 0 Å². The number of aliphatic hydroxyl groups excluding tert-OH is 1. The Morgan fingerprint density at radius 3 is 2.33 bits per heavy atom. The van der Waals surface area contributed by atoms with Crippen LogP contribution in [-0.2, 0) is 4.79 Å². The molecule has 3 nitrogen and oxygen atoms in total. The fourth-order valence-corrected chi connectivity index (χ4v) is 0.935. The normalized spacial score (nSPS) is 12.5. The van der Waals surface area contributed by atoms with E-state index >= 15 is 0 Å². The summed E-state index contributed by atoms with van der Waals surface area (Å²) in [5.41, 5.74) is 5.33. The van der Waals surface area contributed by atoms with E-state index in [1.54, 1.807) is 24.3 Å². The van der Waals surface area contributed by atoms with Gasteiger partial charge < -0.3 is 10.8 Å². The second-order valence-electron chi connectivity index (χ2n) is 2.36. The van der Waals surface area contributed by atoms with Gasteiger partial charge in [0, 0.05) is 5.02 Å². The Kier molecular flexibility index (Phi) is 2.68.